The van der Waals surface area contributed by atoms with Crippen molar-refractivity contribution in [3.8, 4) is 5.82 Å². The highest BCUT2D eigenvalue weighted by Crippen LogP contribution is 2.27. The Bertz CT molecular complexity index is 810. The number of aromatic nitrogens is 4. The number of rotatable bonds is 3. The van der Waals surface area contributed by atoms with E-state index >= 15 is 0 Å². The lowest BCUT2D eigenvalue weighted by atomic mass is 10.1. The van der Waals surface area contributed by atoms with Gasteiger partial charge in [0.25, 0.3) is 0 Å². The number of imidazole rings is 1. The van der Waals surface area contributed by atoms with E-state index in [9.17, 15) is 0 Å². The van der Waals surface area contributed by atoms with Crippen LogP contribution >= 0.6 is 0 Å². The first-order chi connectivity index (χ1) is 10.0. The van der Waals surface area contributed by atoms with Crippen molar-refractivity contribution in [3.63, 3.8) is 0 Å². The summed E-state index contributed by atoms with van der Waals surface area (Å²) in [4.78, 5) is 4.51. The summed E-state index contributed by atoms with van der Waals surface area (Å²) < 4.78 is 4.02. The van der Waals surface area contributed by atoms with Gasteiger partial charge in [-0.15, -0.1) is 0 Å². The van der Waals surface area contributed by atoms with Crippen molar-refractivity contribution in [3.05, 3.63) is 35.3 Å². The molecular weight excluding hydrogens is 262 g/mol. The van der Waals surface area contributed by atoms with Crippen molar-refractivity contribution in [2.24, 2.45) is 0 Å². The Kier molecular flexibility index (Phi) is 3.20. The number of hydrogen-bond acceptors (Lipinski definition) is 3. The normalized spacial score (nSPS) is 11.4. The lowest BCUT2D eigenvalue weighted by Gasteiger charge is -2.10. The van der Waals surface area contributed by atoms with Gasteiger partial charge in [0.2, 0.25) is 0 Å². The van der Waals surface area contributed by atoms with Gasteiger partial charge in [-0.3, -0.25) is 4.57 Å². The van der Waals surface area contributed by atoms with E-state index in [1.807, 2.05) is 22.5 Å². The van der Waals surface area contributed by atoms with E-state index in [0.717, 1.165) is 41.2 Å². The third-order valence-electron chi connectivity index (χ3n) is 3.97. The van der Waals surface area contributed by atoms with Gasteiger partial charge < -0.3 is 5.73 Å². The number of hydrogen-bond donors (Lipinski definition) is 1. The van der Waals surface area contributed by atoms with Gasteiger partial charge in [-0.1, -0.05) is 6.92 Å². The molecule has 0 aliphatic carbocycles. The second kappa shape index (κ2) is 4.91. The molecule has 0 spiro atoms. The highest BCUT2D eigenvalue weighted by Gasteiger charge is 2.16. The van der Waals surface area contributed by atoms with Gasteiger partial charge in [-0.25, -0.2) is 9.67 Å². The van der Waals surface area contributed by atoms with Crippen molar-refractivity contribution in [2.45, 2.75) is 40.7 Å². The first-order valence-electron chi connectivity index (χ1n) is 7.30. The van der Waals surface area contributed by atoms with Gasteiger partial charge >= 0.3 is 0 Å². The van der Waals surface area contributed by atoms with Crippen molar-refractivity contribution in [1.82, 2.24) is 19.3 Å². The van der Waals surface area contributed by atoms with E-state index in [-0.39, 0.29) is 0 Å². The molecule has 3 aromatic rings. The maximum absolute atomic E-state index is 6.25. The van der Waals surface area contributed by atoms with Crippen LogP contribution in [0.25, 0.3) is 16.9 Å². The van der Waals surface area contributed by atoms with Crippen LogP contribution in [0.1, 0.15) is 30.2 Å². The van der Waals surface area contributed by atoms with Crippen LogP contribution in [0.4, 0.5) is 5.69 Å². The van der Waals surface area contributed by atoms with Crippen molar-refractivity contribution < 1.29 is 0 Å². The third-order valence-corrected chi connectivity index (χ3v) is 3.97. The SMILES string of the molecule is CCCn1nc(C)c(N)c1-n1cnc2cc(C)c(C)cc21. The topological polar surface area (TPSA) is 61.7 Å². The largest absolute Gasteiger partial charge is 0.394 e. The van der Waals surface area contributed by atoms with Crippen LogP contribution in [-0.4, -0.2) is 19.3 Å². The van der Waals surface area contributed by atoms with Crippen molar-refractivity contribution in [1.29, 1.82) is 0 Å². The molecule has 2 aromatic heterocycles. The molecule has 0 unspecified atom stereocenters. The Morgan fingerprint density at radius 2 is 1.86 bits per heavy atom. The molecule has 0 atom stereocenters. The number of nitrogen functional groups attached to an aromatic ring is 1. The van der Waals surface area contributed by atoms with Crippen molar-refractivity contribution >= 4 is 16.7 Å². The van der Waals surface area contributed by atoms with Crippen molar-refractivity contribution in [2.75, 3.05) is 5.73 Å². The molecule has 0 aliphatic heterocycles. The van der Waals surface area contributed by atoms with Crippen LogP contribution in [0.15, 0.2) is 18.5 Å². The molecular formula is C16H21N5. The Balaban J connectivity index is 2.28. The Morgan fingerprint density at radius 3 is 2.57 bits per heavy atom. The van der Waals surface area contributed by atoms with Crippen LogP contribution in [0, 0.1) is 20.8 Å². The van der Waals surface area contributed by atoms with Crippen LogP contribution < -0.4 is 5.73 Å². The molecule has 2 N–H and O–H groups in total. The molecule has 0 amide bonds. The molecule has 0 bridgehead atoms. The fourth-order valence-corrected chi connectivity index (χ4v) is 2.64. The quantitative estimate of drug-likeness (QED) is 0.803. The summed E-state index contributed by atoms with van der Waals surface area (Å²) in [6, 6.07) is 4.28. The number of benzene rings is 1. The molecule has 0 aliphatic rings. The molecule has 110 valence electrons. The predicted molar refractivity (Wildman–Crippen MR) is 85.8 cm³/mol. The summed E-state index contributed by atoms with van der Waals surface area (Å²) in [5.74, 6) is 0.917. The molecule has 0 saturated heterocycles. The number of anilines is 1. The van der Waals surface area contributed by atoms with E-state index < -0.39 is 0 Å². The maximum atomic E-state index is 6.25. The highest BCUT2D eigenvalue weighted by atomic mass is 15.4. The fraction of sp³-hybridized carbons (Fsp3) is 0.375. The molecule has 3 rings (SSSR count). The van der Waals surface area contributed by atoms with Gasteiger partial charge in [0.15, 0.2) is 5.82 Å². The Morgan fingerprint density at radius 1 is 1.14 bits per heavy atom. The van der Waals surface area contributed by atoms with E-state index in [1.165, 1.54) is 11.1 Å². The van der Waals surface area contributed by atoms with E-state index in [0.29, 0.717) is 0 Å². The third kappa shape index (κ3) is 2.09. The first kappa shape index (κ1) is 13.7. The molecule has 2 heterocycles. The number of nitrogens with zero attached hydrogens (tertiary/aromatic N) is 4. The lowest BCUT2D eigenvalue weighted by Crippen LogP contribution is -2.08. The minimum Gasteiger partial charge on any atom is -0.394 e. The lowest BCUT2D eigenvalue weighted by molar-refractivity contribution is 0.586. The van der Waals surface area contributed by atoms with Crippen LogP contribution in [0.2, 0.25) is 0 Å². The zero-order valence-corrected chi connectivity index (χ0v) is 13.0. The van der Waals surface area contributed by atoms with Gasteiger partial charge in [0, 0.05) is 6.54 Å². The van der Waals surface area contributed by atoms with E-state index in [1.54, 1.807) is 0 Å². The van der Waals surface area contributed by atoms with Crippen LogP contribution in [0.3, 0.4) is 0 Å². The van der Waals surface area contributed by atoms with Gasteiger partial charge in [0.05, 0.1) is 22.4 Å². The molecule has 21 heavy (non-hydrogen) atoms. The highest BCUT2D eigenvalue weighted by molar-refractivity contribution is 5.80. The summed E-state index contributed by atoms with van der Waals surface area (Å²) in [6.45, 7) is 9.14. The summed E-state index contributed by atoms with van der Waals surface area (Å²) in [5.41, 5.74) is 12.4. The van der Waals surface area contributed by atoms with E-state index in [2.05, 4.69) is 43.0 Å². The number of nitrogens with two attached hydrogens (primary N) is 1. The minimum atomic E-state index is 0.723. The van der Waals surface area contributed by atoms with Gasteiger partial charge in [-0.05, 0) is 50.5 Å². The smallest absolute Gasteiger partial charge is 0.160 e. The summed E-state index contributed by atoms with van der Waals surface area (Å²) in [5, 5.41) is 4.55. The molecule has 0 saturated carbocycles. The summed E-state index contributed by atoms with van der Waals surface area (Å²) >= 11 is 0. The molecule has 0 radical (unpaired) electrons. The number of aryl methyl sites for hydroxylation is 4. The molecule has 0 fully saturated rings. The summed E-state index contributed by atoms with van der Waals surface area (Å²) in [7, 11) is 0. The second-order valence-electron chi connectivity index (χ2n) is 5.59. The summed E-state index contributed by atoms with van der Waals surface area (Å²) in [6.07, 6.45) is 2.85. The van der Waals surface area contributed by atoms with Crippen LogP contribution in [0.5, 0.6) is 0 Å². The second-order valence-corrected chi connectivity index (χ2v) is 5.59. The van der Waals surface area contributed by atoms with Crippen LogP contribution in [-0.2, 0) is 6.54 Å². The van der Waals surface area contributed by atoms with E-state index in [4.69, 9.17) is 5.73 Å². The zero-order valence-electron chi connectivity index (χ0n) is 13.0. The zero-order chi connectivity index (χ0) is 15.1. The Labute approximate surface area is 124 Å². The predicted octanol–water partition coefficient (Wildman–Crippen LogP) is 3.14. The molecule has 5 heteroatoms. The Hall–Kier alpha value is -2.30. The average Bonchev–Trinajstić information content (AvgIpc) is 2.94. The maximum Gasteiger partial charge on any atom is 0.160 e. The van der Waals surface area contributed by atoms with Gasteiger partial charge in [-0.2, -0.15) is 5.10 Å². The number of fused-ring (bicyclic) bond motifs is 1. The molecule has 5 nitrogen and oxygen atoms in total. The standard InChI is InChI=1S/C16H21N5/c1-5-6-21-16(15(17)12(4)19-21)20-9-18-13-7-10(2)11(3)8-14(13)20/h7-9H,5-6,17H2,1-4H3. The first-order valence-corrected chi connectivity index (χ1v) is 7.30. The van der Waals surface area contributed by atoms with Gasteiger partial charge in [0.1, 0.15) is 6.33 Å². The molecule has 1 aromatic carbocycles. The monoisotopic (exact) mass is 283 g/mol. The average molecular weight is 283 g/mol. The minimum absolute atomic E-state index is 0.723. The fourth-order valence-electron chi connectivity index (χ4n) is 2.64.